The summed E-state index contributed by atoms with van der Waals surface area (Å²) in [6.45, 7) is 2.52. The lowest BCUT2D eigenvalue weighted by atomic mass is 9.99. The van der Waals surface area contributed by atoms with E-state index < -0.39 is 15.9 Å². The van der Waals surface area contributed by atoms with Crippen molar-refractivity contribution in [3.8, 4) is 0 Å². The van der Waals surface area contributed by atoms with Gasteiger partial charge in [-0.05, 0) is 60.0 Å². The quantitative estimate of drug-likeness (QED) is 0.796. The molecule has 8 heteroatoms. The van der Waals surface area contributed by atoms with Crippen LogP contribution in [-0.2, 0) is 14.8 Å². The number of benzene rings is 1. The van der Waals surface area contributed by atoms with Gasteiger partial charge >= 0.3 is 0 Å². The molecule has 0 aliphatic carbocycles. The van der Waals surface area contributed by atoms with Crippen molar-refractivity contribution in [3.63, 3.8) is 0 Å². The second-order valence-electron chi connectivity index (χ2n) is 6.37. The van der Waals surface area contributed by atoms with Gasteiger partial charge in [-0.1, -0.05) is 17.7 Å². The molecule has 0 spiro atoms. The number of piperidine rings is 1. The van der Waals surface area contributed by atoms with Crippen LogP contribution in [0.1, 0.15) is 18.4 Å². The summed E-state index contributed by atoms with van der Waals surface area (Å²) in [6.07, 6.45) is 2.91. The van der Waals surface area contributed by atoms with E-state index in [4.69, 9.17) is 0 Å². The van der Waals surface area contributed by atoms with Gasteiger partial charge in [0.05, 0.1) is 10.8 Å². The molecule has 0 saturated carbocycles. The number of anilines is 1. The lowest BCUT2D eigenvalue weighted by Crippen LogP contribution is -2.43. The number of hydrogen-bond acceptors (Lipinski definition) is 4. The summed E-state index contributed by atoms with van der Waals surface area (Å²) >= 11 is 3.30. The van der Waals surface area contributed by atoms with Crippen molar-refractivity contribution in [2.45, 2.75) is 24.7 Å². The van der Waals surface area contributed by atoms with Crippen molar-refractivity contribution in [2.24, 2.45) is 5.92 Å². The SMILES string of the molecule is Cc1ccc(S(=O)(=O)N2CCC[C@H](C(=O)Nc3ccc(Br)cn3)C2)cc1. The predicted octanol–water partition coefficient (Wildman–Crippen LogP) is 3.19. The zero-order chi connectivity index (χ0) is 18.7. The van der Waals surface area contributed by atoms with E-state index in [-0.39, 0.29) is 17.3 Å². The van der Waals surface area contributed by atoms with Crippen LogP contribution >= 0.6 is 15.9 Å². The number of halogens is 1. The molecular formula is C18H20BrN3O3S. The number of aromatic nitrogens is 1. The third-order valence-corrected chi connectivity index (χ3v) is 6.74. The molecule has 1 amide bonds. The molecule has 2 aromatic rings. The Morgan fingerprint density at radius 1 is 1.23 bits per heavy atom. The molecule has 3 rings (SSSR count). The minimum Gasteiger partial charge on any atom is -0.310 e. The average Bonchev–Trinajstić information content (AvgIpc) is 2.64. The van der Waals surface area contributed by atoms with Gasteiger partial charge in [-0.3, -0.25) is 4.79 Å². The van der Waals surface area contributed by atoms with Gasteiger partial charge in [-0.2, -0.15) is 4.31 Å². The van der Waals surface area contributed by atoms with Crippen molar-refractivity contribution >= 4 is 37.7 Å². The van der Waals surface area contributed by atoms with Gasteiger partial charge in [0.25, 0.3) is 0 Å². The van der Waals surface area contributed by atoms with E-state index in [1.165, 1.54) is 4.31 Å². The fourth-order valence-electron chi connectivity index (χ4n) is 2.91. The van der Waals surface area contributed by atoms with Crippen LogP contribution < -0.4 is 5.32 Å². The van der Waals surface area contributed by atoms with Gasteiger partial charge in [-0.15, -0.1) is 0 Å². The van der Waals surface area contributed by atoms with Gasteiger partial charge in [0.15, 0.2) is 0 Å². The maximum absolute atomic E-state index is 12.8. The van der Waals surface area contributed by atoms with E-state index in [0.717, 1.165) is 10.0 Å². The normalized spacial score (nSPS) is 18.5. The molecule has 0 unspecified atom stereocenters. The van der Waals surface area contributed by atoms with E-state index in [0.29, 0.717) is 25.2 Å². The molecule has 0 radical (unpaired) electrons. The molecule has 1 atom stereocenters. The Morgan fingerprint density at radius 2 is 1.96 bits per heavy atom. The molecule has 1 aromatic heterocycles. The number of nitrogens with zero attached hydrogens (tertiary/aromatic N) is 2. The largest absolute Gasteiger partial charge is 0.310 e. The van der Waals surface area contributed by atoms with E-state index in [9.17, 15) is 13.2 Å². The molecule has 1 aromatic carbocycles. The van der Waals surface area contributed by atoms with Crippen molar-refractivity contribution in [2.75, 3.05) is 18.4 Å². The summed E-state index contributed by atoms with van der Waals surface area (Å²) in [4.78, 5) is 16.9. The maximum atomic E-state index is 12.8. The van der Waals surface area contributed by atoms with Gasteiger partial charge in [0, 0.05) is 23.8 Å². The first-order chi connectivity index (χ1) is 12.4. The minimum absolute atomic E-state index is 0.179. The predicted molar refractivity (Wildman–Crippen MR) is 103 cm³/mol. The number of sulfonamides is 1. The van der Waals surface area contributed by atoms with Gasteiger partial charge < -0.3 is 5.32 Å². The molecule has 1 aliphatic heterocycles. The third-order valence-electron chi connectivity index (χ3n) is 4.39. The Morgan fingerprint density at radius 3 is 2.62 bits per heavy atom. The zero-order valence-electron chi connectivity index (χ0n) is 14.4. The molecule has 138 valence electrons. The Balaban J connectivity index is 1.71. The van der Waals surface area contributed by atoms with Crippen LogP contribution in [-0.4, -0.2) is 36.7 Å². The number of carbonyl (C=O) groups is 1. The Hall–Kier alpha value is -1.77. The highest BCUT2D eigenvalue weighted by Crippen LogP contribution is 2.25. The Kier molecular flexibility index (Phi) is 5.74. The second-order valence-corrected chi connectivity index (χ2v) is 9.22. The van der Waals surface area contributed by atoms with Crippen molar-refractivity contribution in [1.29, 1.82) is 0 Å². The van der Waals surface area contributed by atoms with Crippen LogP contribution in [0.3, 0.4) is 0 Å². The fraction of sp³-hybridized carbons (Fsp3) is 0.333. The summed E-state index contributed by atoms with van der Waals surface area (Å²) in [7, 11) is -3.59. The molecule has 1 saturated heterocycles. The van der Waals surface area contributed by atoms with Crippen LogP contribution in [0.4, 0.5) is 5.82 Å². The Labute approximate surface area is 161 Å². The van der Waals surface area contributed by atoms with Crippen LogP contribution in [0, 0.1) is 12.8 Å². The number of hydrogen-bond donors (Lipinski definition) is 1. The smallest absolute Gasteiger partial charge is 0.243 e. The third kappa shape index (κ3) is 4.31. The van der Waals surface area contributed by atoms with Gasteiger partial charge in [0.1, 0.15) is 5.82 Å². The number of carbonyl (C=O) groups excluding carboxylic acids is 1. The van der Waals surface area contributed by atoms with Crippen LogP contribution in [0.15, 0.2) is 52.0 Å². The molecule has 26 heavy (non-hydrogen) atoms. The topological polar surface area (TPSA) is 79.4 Å². The van der Waals surface area contributed by atoms with Crippen LogP contribution in [0.5, 0.6) is 0 Å². The highest BCUT2D eigenvalue weighted by molar-refractivity contribution is 9.10. The summed E-state index contributed by atoms with van der Waals surface area (Å²) in [5.41, 5.74) is 1.00. The minimum atomic E-state index is -3.59. The number of rotatable bonds is 4. The van der Waals surface area contributed by atoms with Gasteiger partial charge in [-0.25, -0.2) is 13.4 Å². The summed E-state index contributed by atoms with van der Waals surface area (Å²) in [5.74, 6) is -0.144. The lowest BCUT2D eigenvalue weighted by molar-refractivity contribution is -0.120. The molecule has 0 bridgehead atoms. The molecule has 1 aliphatic rings. The highest BCUT2D eigenvalue weighted by Gasteiger charge is 2.33. The summed E-state index contributed by atoms with van der Waals surface area (Å²) in [5, 5.41) is 2.77. The summed E-state index contributed by atoms with van der Waals surface area (Å²) in [6, 6.07) is 10.3. The molecule has 2 heterocycles. The van der Waals surface area contributed by atoms with E-state index in [1.807, 2.05) is 6.92 Å². The molecule has 6 nitrogen and oxygen atoms in total. The molecular weight excluding hydrogens is 418 g/mol. The van der Waals surface area contributed by atoms with E-state index in [2.05, 4.69) is 26.2 Å². The number of aryl methyl sites for hydroxylation is 1. The van der Waals surface area contributed by atoms with Gasteiger partial charge in [0.2, 0.25) is 15.9 Å². The monoisotopic (exact) mass is 437 g/mol. The lowest BCUT2D eigenvalue weighted by Gasteiger charge is -2.31. The van der Waals surface area contributed by atoms with Crippen molar-refractivity contribution in [3.05, 3.63) is 52.6 Å². The van der Waals surface area contributed by atoms with Crippen LogP contribution in [0.25, 0.3) is 0 Å². The Bertz CT molecular complexity index is 883. The number of nitrogens with one attached hydrogen (secondary N) is 1. The maximum Gasteiger partial charge on any atom is 0.243 e. The fourth-order valence-corrected chi connectivity index (χ4v) is 4.67. The second kappa shape index (κ2) is 7.85. The van der Waals surface area contributed by atoms with Crippen molar-refractivity contribution < 1.29 is 13.2 Å². The highest BCUT2D eigenvalue weighted by atomic mass is 79.9. The average molecular weight is 438 g/mol. The van der Waals surface area contributed by atoms with E-state index >= 15 is 0 Å². The number of pyridine rings is 1. The van der Waals surface area contributed by atoms with E-state index in [1.54, 1.807) is 42.6 Å². The number of amides is 1. The first-order valence-electron chi connectivity index (χ1n) is 8.35. The molecule has 1 fully saturated rings. The standard InChI is InChI=1S/C18H20BrN3O3S/c1-13-4-7-16(8-5-13)26(24,25)22-10-2-3-14(12-22)18(23)21-17-9-6-15(19)11-20-17/h4-9,11,14H,2-3,10,12H2,1H3,(H,20,21,23)/t14-/m0/s1. The first-order valence-corrected chi connectivity index (χ1v) is 10.6. The first kappa shape index (κ1) is 19.0. The summed E-state index contributed by atoms with van der Waals surface area (Å²) < 4.78 is 27.9. The van der Waals surface area contributed by atoms with Crippen LogP contribution in [0.2, 0.25) is 0 Å². The van der Waals surface area contributed by atoms with Crippen molar-refractivity contribution in [1.82, 2.24) is 9.29 Å². The molecule has 1 N–H and O–H groups in total. The zero-order valence-corrected chi connectivity index (χ0v) is 16.8.